The van der Waals surface area contributed by atoms with Crippen molar-refractivity contribution in [3.8, 4) is 0 Å². The van der Waals surface area contributed by atoms with E-state index >= 15 is 0 Å². The monoisotopic (exact) mass is 318 g/mol. The summed E-state index contributed by atoms with van der Waals surface area (Å²) in [6.07, 6.45) is 1.10. The lowest BCUT2D eigenvalue weighted by molar-refractivity contribution is 0.417. The second-order valence-electron chi connectivity index (χ2n) is 5.74. The maximum Gasteiger partial charge on any atom is 0.330 e. The number of nitrogens with one attached hydrogen (secondary N) is 2. The van der Waals surface area contributed by atoms with Crippen LogP contribution in [0.15, 0.2) is 15.7 Å². The molecule has 2 N–H and O–H groups in total. The second kappa shape index (κ2) is 6.12. The van der Waals surface area contributed by atoms with Crippen LogP contribution in [0, 0.1) is 0 Å². The minimum atomic E-state index is -3.30. The van der Waals surface area contributed by atoms with Gasteiger partial charge in [0.15, 0.2) is 0 Å². The Hall–Kier alpha value is -1.45. The lowest BCUT2D eigenvalue weighted by atomic mass is 10.1. The van der Waals surface area contributed by atoms with E-state index in [2.05, 4.69) is 10.0 Å². The number of aromatic nitrogens is 2. The van der Waals surface area contributed by atoms with E-state index < -0.39 is 21.3 Å². The molecule has 0 saturated heterocycles. The van der Waals surface area contributed by atoms with Gasteiger partial charge < -0.3 is 5.32 Å². The Morgan fingerprint density at radius 3 is 2.29 bits per heavy atom. The van der Waals surface area contributed by atoms with Crippen molar-refractivity contribution in [2.24, 2.45) is 14.1 Å². The van der Waals surface area contributed by atoms with Gasteiger partial charge in [-0.1, -0.05) is 0 Å². The Morgan fingerprint density at radius 2 is 1.76 bits per heavy atom. The van der Waals surface area contributed by atoms with Crippen molar-refractivity contribution >= 4 is 10.0 Å². The smallest absolute Gasteiger partial charge is 0.309 e. The highest BCUT2D eigenvalue weighted by molar-refractivity contribution is 7.88. The molecule has 21 heavy (non-hydrogen) atoms. The molecule has 0 aliphatic carbocycles. The summed E-state index contributed by atoms with van der Waals surface area (Å²) in [5.74, 6) is 0. The molecule has 0 aromatic carbocycles. The van der Waals surface area contributed by atoms with E-state index in [1.165, 1.54) is 17.7 Å². The van der Waals surface area contributed by atoms with Gasteiger partial charge in [-0.05, 0) is 13.8 Å². The molecule has 0 aliphatic rings. The Kier molecular flexibility index (Phi) is 5.13. The highest BCUT2D eigenvalue weighted by Gasteiger charge is 2.21. The van der Waals surface area contributed by atoms with Gasteiger partial charge in [0, 0.05) is 44.5 Å². The highest BCUT2D eigenvalue weighted by Crippen LogP contribution is 2.02. The third-order valence-corrected chi connectivity index (χ3v) is 3.88. The van der Waals surface area contributed by atoms with Crippen molar-refractivity contribution in [2.75, 3.05) is 12.8 Å². The summed E-state index contributed by atoms with van der Waals surface area (Å²) in [6.45, 7) is 4.12. The van der Waals surface area contributed by atoms with E-state index in [-0.39, 0.29) is 12.1 Å². The minimum Gasteiger partial charge on any atom is -0.309 e. The minimum absolute atomic E-state index is 0.288. The second-order valence-corrected chi connectivity index (χ2v) is 7.48. The van der Waals surface area contributed by atoms with Crippen molar-refractivity contribution in [3.63, 3.8) is 0 Å². The molecule has 8 nitrogen and oxygen atoms in total. The molecule has 0 saturated carbocycles. The first-order chi connectivity index (χ1) is 9.43. The van der Waals surface area contributed by atoms with Crippen LogP contribution in [0.3, 0.4) is 0 Å². The fraction of sp³-hybridized carbons (Fsp3) is 0.667. The summed E-state index contributed by atoms with van der Waals surface area (Å²) in [6, 6.07) is 1.38. The molecule has 0 atom stereocenters. The largest absolute Gasteiger partial charge is 0.330 e. The maximum absolute atomic E-state index is 11.8. The molecule has 1 aromatic heterocycles. The molecule has 0 spiro atoms. The zero-order valence-electron chi connectivity index (χ0n) is 12.9. The van der Waals surface area contributed by atoms with Gasteiger partial charge in [0.25, 0.3) is 5.56 Å². The van der Waals surface area contributed by atoms with Gasteiger partial charge in [-0.2, -0.15) is 0 Å². The van der Waals surface area contributed by atoms with Crippen molar-refractivity contribution in [2.45, 2.75) is 25.9 Å². The molecule has 9 heteroatoms. The van der Waals surface area contributed by atoms with Crippen LogP contribution in [-0.4, -0.2) is 35.9 Å². The standard InChI is InChI=1S/C12H22N4O4S/c1-12(2,14-21(5,19)20)8-13-7-9-6-10(17)16(4)11(18)15(9)3/h6,13-14H,7-8H2,1-5H3. The summed E-state index contributed by atoms with van der Waals surface area (Å²) in [7, 11) is -0.303. The average molecular weight is 318 g/mol. The van der Waals surface area contributed by atoms with Crippen LogP contribution in [0.25, 0.3) is 0 Å². The average Bonchev–Trinajstić information content (AvgIpc) is 2.29. The van der Waals surface area contributed by atoms with Crippen LogP contribution in [0.2, 0.25) is 0 Å². The van der Waals surface area contributed by atoms with Crippen molar-refractivity contribution in [3.05, 3.63) is 32.6 Å². The molecule has 1 aromatic rings. The summed E-state index contributed by atoms with van der Waals surface area (Å²) in [5.41, 5.74) is -0.902. The van der Waals surface area contributed by atoms with E-state index in [0.29, 0.717) is 12.2 Å². The quantitative estimate of drug-likeness (QED) is 0.665. The van der Waals surface area contributed by atoms with Crippen molar-refractivity contribution in [1.29, 1.82) is 0 Å². The molecule has 1 rings (SSSR count). The molecule has 0 fully saturated rings. The third kappa shape index (κ3) is 5.10. The zero-order chi connectivity index (χ0) is 16.4. The number of rotatable bonds is 6. The molecule has 0 unspecified atom stereocenters. The Labute approximate surface area is 123 Å². The van der Waals surface area contributed by atoms with Crippen LogP contribution in [0.1, 0.15) is 19.5 Å². The van der Waals surface area contributed by atoms with Crippen molar-refractivity contribution < 1.29 is 8.42 Å². The van der Waals surface area contributed by atoms with Gasteiger partial charge >= 0.3 is 5.69 Å². The highest BCUT2D eigenvalue weighted by atomic mass is 32.2. The topological polar surface area (TPSA) is 102 Å². The van der Waals surface area contributed by atoms with Gasteiger partial charge in [-0.25, -0.2) is 17.9 Å². The van der Waals surface area contributed by atoms with Crippen LogP contribution < -0.4 is 21.3 Å². The van der Waals surface area contributed by atoms with Gasteiger partial charge in [0.1, 0.15) is 0 Å². The SMILES string of the molecule is Cn1c(CNCC(C)(C)NS(C)(=O)=O)cc(=O)n(C)c1=O. The van der Waals surface area contributed by atoms with E-state index in [0.717, 1.165) is 10.8 Å². The first kappa shape index (κ1) is 17.6. The molecular formula is C12H22N4O4S. The molecule has 0 aliphatic heterocycles. The lowest BCUT2D eigenvalue weighted by Gasteiger charge is -2.25. The normalized spacial score (nSPS) is 12.6. The van der Waals surface area contributed by atoms with Gasteiger partial charge in [-0.3, -0.25) is 13.9 Å². The Morgan fingerprint density at radius 1 is 1.19 bits per heavy atom. The summed E-state index contributed by atoms with van der Waals surface area (Å²) < 4.78 is 27.4. The molecule has 0 amide bonds. The summed E-state index contributed by atoms with van der Waals surface area (Å²) >= 11 is 0. The Bertz CT molecular complexity index is 731. The number of hydrogen-bond donors (Lipinski definition) is 2. The molecule has 0 radical (unpaired) electrons. The van der Waals surface area contributed by atoms with E-state index in [1.807, 2.05) is 0 Å². The number of nitrogens with zero attached hydrogens (tertiary/aromatic N) is 2. The first-order valence-corrected chi connectivity index (χ1v) is 8.28. The molecule has 120 valence electrons. The Balaban J connectivity index is 2.78. The number of sulfonamides is 1. The fourth-order valence-corrected chi connectivity index (χ4v) is 3.06. The third-order valence-electron chi connectivity index (χ3n) is 2.96. The van der Waals surface area contributed by atoms with E-state index in [1.54, 1.807) is 20.9 Å². The van der Waals surface area contributed by atoms with Crippen LogP contribution in [0.4, 0.5) is 0 Å². The molecule has 0 bridgehead atoms. The first-order valence-electron chi connectivity index (χ1n) is 6.38. The van der Waals surface area contributed by atoms with Gasteiger partial charge in [-0.15, -0.1) is 0 Å². The number of hydrogen-bond acceptors (Lipinski definition) is 5. The molecule has 1 heterocycles. The van der Waals surface area contributed by atoms with Crippen molar-refractivity contribution in [1.82, 2.24) is 19.2 Å². The summed E-state index contributed by atoms with van der Waals surface area (Å²) in [5, 5.41) is 3.04. The van der Waals surface area contributed by atoms with Gasteiger partial charge in [0.05, 0.1) is 6.26 Å². The summed E-state index contributed by atoms with van der Waals surface area (Å²) in [4.78, 5) is 23.4. The van der Waals surface area contributed by atoms with E-state index in [4.69, 9.17) is 0 Å². The van der Waals surface area contributed by atoms with E-state index in [9.17, 15) is 18.0 Å². The van der Waals surface area contributed by atoms with Gasteiger partial charge in [0.2, 0.25) is 10.0 Å². The zero-order valence-corrected chi connectivity index (χ0v) is 13.7. The fourth-order valence-electron chi connectivity index (χ4n) is 1.99. The predicted molar refractivity (Wildman–Crippen MR) is 80.7 cm³/mol. The maximum atomic E-state index is 11.8. The predicted octanol–water partition coefficient (Wildman–Crippen LogP) is -1.50. The molecular weight excluding hydrogens is 296 g/mol. The van der Waals surface area contributed by atoms with Crippen LogP contribution >= 0.6 is 0 Å². The van der Waals surface area contributed by atoms with Crippen LogP contribution in [-0.2, 0) is 30.7 Å². The lowest BCUT2D eigenvalue weighted by Crippen LogP contribution is -2.50. The van der Waals surface area contributed by atoms with Crippen LogP contribution in [0.5, 0.6) is 0 Å².